The number of nitrogens with one attached hydrogen (secondary N) is 1. The average Bonchev–Trinajstić information content (AvgIpc) is 3.12. The van der Waals surface area contributed by atoms with Gasteiger partial charge in [-0.25, -0.2) is 14.4 Å². The van der Waals surface area contributed by atoms with Crippen LogP contribution in [-0.4, -0.2) is 28.6 Å². The molecule has 9 heteroatoms. The van der Waals surface area contributed by atoms with Crippen LogP contribution in [0.5, 0.6) is 0 Å². The summed E-state index contributed by atoms with van der Waals surface area (Å²) in [5, 5.41) is 14.4. The number of aromatic nitrogens is 2. The van der Waals surface area contributed by atoms with Crippen molar-refractivity contribution >= 4 is 34.7 Å². The lowest BCUT2D eigenvalue weighted by Crippen LogP contribution is -2.42. The Morgan fingerprint density at radius 3 is 2.88 bits per heavy atom. The maximum atomic E-state index is 14.3. The Hall–Kier alpha value is -2.24. The minimum absolute atomic E-state index is 0.0147. The van der Waals surface area contributed by atoms with Gasteiger partial charge in [0.05, 0.1) is 18.6 Å². The van der Waals surface area contributed by atoms with Crippen LogP contribution in [0.4, 0.5) is 10.2 Å². The second-order valence-electron chi connectivity index (χ2n) is 6.03. The van der Waals surface area contributed by atoms with Gasteiger partial charge in [0.25, 0.3) is 0 Å². The molecule has 1 atom stereocenters. The largest absolute Gasteiger partial charge is 0.466 e. The summed E-state index contributed by atoms with van der Waals surface area (Å²) in [6.07, 6.45) is 1.65. The summed E-state index contributed by atoms with van der Waals surface area (Å²) in [7, 11) is 0. The van der Waals surface area contributed by atoms with Crippen LogP contribution in [0.2, 0.25) is 5.15 Å². The van der Waals surface area contributed by atoms with E-state index in [1.54, 1.807) is 19.2 Å². The van der Waals surface area contributed by atoms with E-state index in [4.69, 9.17) is 21.6 Å². The Labute approximate surface area is 160 Å². The van der Waals surface area contributed by atoms with E-state index in [0.29, 0.717) is 0 Å². The van der Waals surface area contributed by atoms with Crippen LogP contribution in [-0.2, 0) is 14.9 Å². The number of hydrogen-bond acceptors (Lipinski definition) is 7. The molecule has 1 unspecified atom stereocenters. The molecule has 138 valence electrons. The molecule has 0 aliphatic heterocycles. The summed E-state index contributed by atoms with van der Waals surface area (Å²) in [5.41, 5.74) is -0.675. The first-order valence-corrected chi connectivity index (χ1v) is 9.13. The van der Waals surface area contributed by atoms with Crippen LogP contribution in [0.25, 0.3) is 0 Å². The molecule has 2 aromatic rings. The lowest BCUT2D eigenvalue weighted by Gasteiger charge is -2.33. The summed E-state index contributed by atoms with van der Waals surface area (Å²) in [5.74, 6) is -1.28. The van der Waals surface area contributed by atoms with E-state index in [1.165, 1.54) is 11.3 Å². The molecule has 0 aromatic carbocycles. The quantitative estimate of drug-likeness (QED) is 0.563. The van der Waals surface area contributed by atoms with Crippen LogP contribution in [0.1, 0.15) is 37.8 Å². The van der Waals surface area contributed by atoms with E-state index in [9.17, 15) is 9.18 Å². The number of ether oxygens (including phenoxy) is 1. The molecule has 26 heavy (non-hydrogen) atoms. The minimum atomic E-state index is -0.727. The zero-order valence-corrected chi connectivity index (χ0v) is 16.1. The van der Waals surface area contributed by atoms with Crippen LogP contribution < -0.4 is 5.32 Å². The van der Waals surface area contributed by atoms with Gasteiger partial charge in [0.2, 0.25) is 0 Å². The highest BCUT2D eigenvalue weighted by Gasteiger charge is 2.36. The topological polar surface area (TPSA) is 87.9 Å². The van der Waals surface area contributed by atoms with Gasteiger partial charge in [-0.1, -0.05) is 25.4 Å². The Morgan fingerprint density at radius 2 is 2.31 bits per heavy atom. The van der Waals surface area contributed by atoms with E-state index in [-0.39, 0.29) is 29.6 Å². The molecule has 2 aromatic heterocycles. The van der Waals surface area contributed by atoms with Crippen molar-refractivity contribution in [2.75, 3.05) is 11.9 Å². The number of carbonyl (C=O) groups is 1. The third-order valence-electron chi connectivity index (χ3n) is 3.89. The van der Waals surface area contributed by atoms with Gasteiger partial charge < -0.3 is 10.1 Å². The van der Waals surface area contributed by atoms with Gasteiger partial charge in [-0.2, -0.15) is 5.26 Å². The number of carbonyl (C=O) groups excluding carboxylic acids is 1. The summed E-state index contributed by atoms with van der Waals surface area (Å²) in [6, 6.07) is 2.23. The van der Waals surface area contributed by atoms with Gasteiger partial charge in [0.1, 0.15) is 16.2 Å². The Kier molecular flexibility index (Phi) is 6.51. The Bertz CT molecular complexity index is 821. The van der Waals surface area contributed by atoms with Crippen molar-refractivity contribution in [3.05, 3.63) is 39.2 Å². The van der Waals surface area contributed by atoms with Gasteiger partial charge in [0, 0.05) is 23.0 Å². The second kappa shape index (κ2) is 8.43. The van der Waals surface area contributed by atoms with Crippen LogP contribution in [0.15, 0.2) is 17.6 Å². The van der Waals surface area contributed by atoms with Crippen molar-refractivity contribution in [1.29, 1.82) is 5.26 Å². The summed E-state index contributed by atoms with van der Waals surface area (Å²) in [4.78, 5) is 20.3. The van der Waals surface area contributed by atoms with E-state index in [2.05, 4.69) is 15.3 Å². The highest BCUT2D eigenvalue weighted by atomic mass is 35.5. The fraction of sp³-hybridized carbons (Fsp3) is 0.412. The predicted molar refractivity (Wildman–Crippen MR) is 97.7 cm³/mol. The number of pyridine rings is 1. The maximum absolute atomic E-state index is 14.3. The molecule has 0 radical (unpaired) electrons. The molecule has 0 spiro atoms. The van der Waals surface area contributed by atoms with Gasteiger partial charge in [-0.05, 0) is 13.0 Å². The first kappa shape index (κ1) is 20.1. The third kappa shape index (κ3) is 4.48. The van der Waals surface area contributed by atoms with E-state index in [0.717, 1.165) is 11.1 Å². The highest BCUT2D eigenvalue weighted by Crippen LogP contribution is 2.33. The van der Waals surface area contributed by atoms with Crippen molar-refractivity contribution < 1.29 is 13.9 Å². The van der Waals surface area contributed by atoms with E-state index < -0.39 is 23.2 Å². The van der Waals surface area contributed by atoms with Gasteiger partial charge in [0.15, 0.2) is 11.6 Å². The molecule has 6 nitrogen and oxygen atoms in total. The number of thiazole rings is 1. The van der Waals surface area contributed by atoms with Crippen LogP contribution in [0.3, 0.4) is 0 Å². The molecule has 0 fully saturated rings. The third-order valence-corrected chi connectivity index (χ3v) is 5.29. The van der Waals surface area contributed by atoms with Gasteiger partial charge in [-0.15, -0.1) is 11.3 Å². The monoisotopic (exact) mass is 396 g/mol. The summed E-state index contributed by atoms with van der Waals surface area (Å²) >= 11 is 7.35. The smallest absolute Gasteiger partial charge is 0.307 e. The van der Waals surface area contributed by atoms with Crippen LogP contribution in [0, 0.1) is 17.1 Å². The molecule has 0 aliphatic rings. The lowest BCUT2D eigenvalue weighted by atomic mass is 9.83. The standard InChI is InChI=1S/C17H18ClFN4O2S/c1-4-25-13(24)8-12(17(2,3)16-21-5-6-26-16)22-15-11(19)7-10(9-20)14(18)23-15/h5-7,12H,4,8H2,1-3H3,(H,22,23). The minimum Gasteiger partial charge on any atom is -0.466 e. The molecular weight excluding hydrogens is 379 g/mol. The second-order valence-corrected chi connectivity index (χ2v) is 7.29. The summed E-state index contributed by atoms with van der Waals surface area (Å²) < 4.78 is 19.4. The SMILES string of the molecule is CCOC(=O)CC(Nc1nc(Cl)c(C#N)cc1F)C(C)(C)c1nccs1. The number of esters is 1. The zero-order chi connectivity index (χ0) is 19.3. The Morgan fingerprint density at radius 1 is 1.58 bits per heavy atom. The molecule has 0 saturated heterocycles. The molecule has 1 N–H and O–H groups in total. The van der Waals surface area contributed by atoms with Gasteiger partial charge in [-0.3, -0.25) is 4.79 Å². The highest BCUT2D eigenvalue weighted by molar-refractivity contribution is 7.09. The number of rotatable bonds is 7. The predicted octanol–water partition coefficient (Wildman–Crippen LogP) is 3.91. The number of nitriles is 1. The molecule has 0 bridgehead atoms. The van der Waals surface area contributed by atoms with Crippen molar-refractivity contribution in [3.63, 3.8) is 0 Å². The fourth-order valence-electron chi connectivity index (χ4n) is 2.37. The first-order valence-electron chi connectivity index (χ1n) is 7.87. The van der Waals surface area contributed by atoms with Gasteiger partial charge >= 0.3 is 5.97 Å². The molecule has 2 rings (SSSR count). The molecule has 2 heterocycles. The van der Waals surface area contributed by atoms with Crippen molar-refractivity contribution in [2.24, 2.45) is 0 Å². The van der Waals surface area contributed by atoms with E-state index >= 15 is 0 Å². The lowest BCUT2D eigenvalue weighted by molar-refractivity contribution is -0.143. The number of anilines is 1. The first-order chi connectivity index (χ1) is 12.3. The van der Waals surface area contributed by atoms with Crippen molar-refractivity contribution in [2.45, 2.75) is 38.6 Å². The molecular formula is C17H18ClFN4O2S. The zero-order valence-electron chi connectivity index (χ0n) is 14.5. The fourth-order valence-corrected chi connectivity index (χ4v) is 3.37. The van der Waals surface area contributed by atoms with Crippen LogP contribution >= 0.6 is 22.9 Å². The summed E-state index contributed by atoms with van der Waals surface area (Å²) in [6.45, 7) is 5.75. The number of nitrogens with zero attached hydrogens (tertiary/aromatic N) is 3. The van der Waals surface area contributed by atoms with Crippen molar-refractivity contribution in [1.82, 2.24) is 9.97 Å². The van der Waals surface area contributed by atoms with Crippen molar-refractivity contribution in [3.8, 4) is 6.07 Å². The van der Waals surface area contributed by atoms with E-state index in [1.807, 2.05) is 19.2 Å². The molecule has 0 aliphatic carbocycles. The molecule has 0 saturated carbocycles. The maximum Gasteiger partial charge on any atom is 0.307 e. The molecule has 0 amide bonds. The Balaban J connectivity index is 2.37. The average molecular weight is 397 g/mol. The number of halogens is 2. The normalized spacial score (nSPS) is 12.3. The number of hydrogen-bond donors (Lipinski definition) is 1.